The van der Waals surface area contributed by atoms with E-state index in [0.29, 0.717) is 4.91 Å². The maximum atomic E-state index is 12.4. The number of thiocarbonyl (C=S) groups is 1. The number of nitrogens with zero attached hydrogens (tertiary/aromatic N) is 2. The molecule has 2 aromatic rings. The smallest absolute Gasteiger partial charge is 0.323 e. The molecule has 0 radical (unpaired) electrons. The van der Waals surface area contributed by atoms with Gasteiger partial charge in [-0.05, 0) is 12.1 Å². The Morgan fingerprint density at radius 1 is 1.28 bits per heavy atom. The van der Waals surface area contributed by atoms with E-state index in [9.17, 15) is 14.4 Å². The van der Waals surface area contributed by atoms with Crippen molar-refractivity contribution in [3.63, 3.8) is 0 Å². The van der Waals surface area contributed by atoms with Gasteiger partial charge >= 0.3 is 5.97 Å². The number of carbonyl (C=O) groups is 3. The van der Waals surface area contributed by atoms with Crippen LogP contribution in [0.2, 0.25) is 0 Å². The van der Waals surface area contributed by atoms with Crippen LogP contribution >= 0.6 is 24.0 Å². The summed E-state index contributed by atoms with van der Waals surface area (Å²) in [6.07, 6.45) is 3.39. The maximum Gasteiger partial charge on any atom is 0.323 e. The number of aliphatic carboxylic acids is 1. The number of carbonyl (C=O) groups excluding carboxylic acids is 2. The molecule has 1 aliphatic rings. The van der Waals surface area contributed by atoms with Crippen molar-refractivity contribution >= 4 is 63.1 Å². The fourth-order valence-electron chi connectivity index (χ4n) is 2.60. The van der Waals surface area contributed by atoms with Crippen molar-refractivity contribution in [3.05, 3.63) is 40.9 Å². The molecule has 1 aromatic carbocycles. The molecule has 1 saturated heterocycles. The number of thioether (sulfide) groups is 1. The van der Waals surface area contributed by atoms with Crippen LogP contribution in [-0.4, -0.2) is 43.2 Å². The predicted octanol–water partition coefficient (Wildman–Crippen LogP) is 1.41. The van der Waals surface area contributed by atoms with Crippen LogP contribution in [0.3, 0.4) is 0 Å². The fourth-order valence-corrected chi connectivity index (χ4v) is 3.85. The minimum absolute atomic E-state index is 0.0222. The third kappa shape index (κ3) is 3.42. The van der Waals surface area contributed by atoms with Gasteiger partial charge in [-0.3, -0.25) is 19.3 Å². The summed E-state index contributed by atoms with van der Waals surface area (Å²) in [6, 6.07) is 7.42. The molecule has 0 unspecified atom stereocenters. The number of nitrogens with two attached hydrogens (primary N) is 1. The van der Waals surface area contributed by atoms with E-state index >= 15 is 0 Å². The van der Waals surface area contributed by atoms with Gasteiger partial charge in [-0.25, -0.2) is 0 Å². The normalized spacial score (nSPS) is 16.2. The van der Waals surface area contributed by atoms with Gasteiger partial charge in [0.15, 0.2) is 0 Å². The summed E-state index contributed by atoms with van der Waals surface area (Å²) in [6.45, 7) is -0.445. The Kier molecular flexibility index (Phi) is 4.60. The number of fused-ring (bicyclic) bond motifs is 1. The highest BCUT2D eigenvalue weighted by Gasteiger charge is 2.33. The third-order valence-electron chi connectivity index (χ3n) is 3.60. The monoisotopic (exact) mass is 375 g/mol. The summed E-state index contributed by atoms with van der Waals surface area (Å²) < 4.78 is 1.92. The predicted molar refractivity (Wildman–Crippen MR) is 98.6 cm³/mol. The molecule has 3 N–H and O–H groups in total. The highest BCUT2D eigenvalue weighted by Crippen LogP contribution is 2.34. The number of primary amides is 1. The standard InChI is InChI=1S/C16H13N3O4S2/c17-13(20)7-18-6-9(10-3-1-2-4-11(10)18)5-12-15(23)19(8-14(21)22)16(24)25-12/h1-6H,7-8H2,(H2,17,20)(H,21,22)/b12-5+. The van der Waals surface area contributed by atoms with Crippen molar-refractivity contribution in [1.82, 2.24) is 9.47 Å². The van der Waals surface area contributed by atoms with Gasteiger partial charge in [-0.15, -0.1) is 0 Å². The van der Waals surface area contributed by atoms with E-state index < -0.39 is 24.3 Å². The Morgan fingerprint density at radius 2 is 2.00 bits per heavy atom. The molecule has 0 atom stereocenters. The Bertz CT molecular complexity index is 948. The molecule has 3 rings (SSSR count). The van der Waals surface area contributed by atoms with Crippen LogP contribution in [0.5, 0.6) is 0 Å². The first-order valence-electron chi connectivity index (χ1n) is 7.20. The van der Waals surface area contributed by atoms with Gasteiger partial charge < -0.3 is 15.4 Å². The van der Waals surface area contributed by atoms with Gasteiger partial charge in [-0.1, -0.05) is 42.2 Å². The van der Waals surface area contributed by atoms with Gasteiger partial charge in [0.1, 0.15) is 17.4 Å². The number of rotatable bonds is 5. The zero-order valence-electron chi connectivity index (χ0n) is 12.8. The van der Waals surface area contributed by atoms with Crippen LogP contribution < -0.4 is 5.73 Å². The van der Waals surface area contributed by atoms with Gasteiger partial charge in [0.05, 0.1) is 4.91 Å². The summed E-state index contributed by atoms with van der Waals surface area (Å²) in [5, 5.41) is 9.74. The molecular formula is C16H13N3O4S2. The van der Waals surface area contributed by atoms with Crippen molar-refractivity contribution < 1.29 is 19.5 Å². The molecule has 2 amide bonds. The number of benzene rings is 1. The first-order chi connectivity index (χ1) is 11.9. The molecule has 0 spiro atoms. The lowest BCUT2D eigenvalue weighted by molar-refractivity contribution is -0.140. The van der Waals surface area contributed by atoms with Crippen molar-refractivity contribution in [2.45, 2.75) is 6.54 Å². The summed E-state index contributed by atoms with van der Waals surface area (Å²) in [4.78, 5) is 35.9. The maximum absolute atomic E-state index is 12.4. The molecule has 1 fully saturated rings. The Hall–Kier alpha value is -2.65. The van der Waals surface area contributed by atoms with E-state index in [-0.39, 0.29) is 10.9 Å². The van der Waals surface area contributed by atoms with Crippen LogP contribution in [0.1, 0.15) is 5.56 Å². The van der Waals surface area contributed by atoms with Crippen molar-refractivity contribution in [3.8, 4) is 0 Å². The Labute approximate surface area is 152 Å². The van der Waals surface area contributed by atoms with Gasteiger partial charge in [0.2, 0.25) is 5.91 Å². The minimum atomic E-state index is -1.13. The second-order valence-corrected chi connectivity index (χ2v) is 7.03. The average Bonchev–Trinajstić information content (AvgIpc) is 3.00. The van der Waals surface area contributed by atoms with E-state index in [1.165, 1.54) is 0 Å². The lowest BCUT2D eigenvalue weighted by atomic mass is 10.1. The van der Waals surface area contributed by atoms with E-state index in [4.69, 9.17) is 23.1 Å². The van der Waals surface area contributed by atoms with Crippen LogP contribution in [0.25, 0.3) is 17.0 Å². The summed E-state index contributed by atoms with van der Waals surface area (Å²) in [7, 11) is 0. The SMILES string of the molecule is NC(=O)Cn1cc(/C=C2/SC(=S)N(CC(=O)O)C2=O)c2ccccc21. The van der Waals surface area contributed by atoms with Crippen LogP contribution in [0.15, 0.2) is 35.4 Å². The molecule has 1 aromatic heterocycles. The lowest BCUT2D eigenvalue weighted by Crippen LogP contribution is -2.33. The molecule has 9 heteroatoms. The lowest BCUT2D eigenvalue weighted by Gasteiger charge is -2.10. The molecule has 0 saturated carbocycles. The molecule has 128 valence electrons. The summed E-state index contributed by atoms with van der Waals surface area (Å²) in [5.41, 5.74) is 6.82. The molecule has 7 nitrogen and oxygen atoms in total. The third-order valence-corrected chi connectivity index (χ3v) is 4.98. The first-order valence-corrected chi connectivity index (χ1v) is 8.42. The Morgan fingerprint density at radius 3 is 2.68 bits per heavy atom. The zero-order chi connectivity index (χ0) is 18.1. The molecule has 2 heterocycles. The average molecular weight is 375 g/mol. The summed E-state index contributed by atoms with van der Waals surface area (Å²) >= 11 is 6.14. The number of hydrogen-bond donors (Lipinski definition) is 2. The molecule has 25 heavy (non-hydrogen) atoms. The number of carboxylic acid groups (broad SMARTS) is 1. The highest BCUT2D eigenvalue weighted by atomic mass is 32.2. The van der Waals surface area contributed by atoms with Crippen LogP contribution in [0, 0.1) is 0 Å². The largest absolute Gasteiger partial charge is 0.480 e. The van der Waals surface area contributed by atoms with Crippen LogP contribution in [0.4, 0.5) is 0 Å². The zero-order valence-corrected chi connectivity index (χ0v) is 14.5. The number of carboxylic acids is 1. The topological polar surface area (TPSA) is 106 Å². The van der Waals surface area contributed by atoms with Crippen molar-refractivity contribution in [1.29, 1.82) is 0 Å². The van der Waals surface area contributed by atoms with E-state index in [1.807, 2.05) is 24.3 Å². The number of aromatic nitrogens is 1. The van der Waals surface area contributed by atoms with E-state index in [2.05, 4.69) is 0 Å². The second kappa shape index (κ2) is 6.69. The number of amides is 2. The molecule has 0 aliphatic carbocycles. The van der Waals surface area contributed by atoms with Gasteiger partial charge in [0, 0.05) is 22.7 Å². The Balaban J connectivity index is 2.01. The highest BCUT2D eigenvalue weighted by molar-refractivity contribution is 8.26. The first kappa shape index (κ1) is 17.2. The quantitative estimate of drug-likeness (QED) is 0.605. The minimum Gasteiger partial charge on any atom is -0.480 e. The summed E-state index contributed by atoms with van der Waals surface area (Å²) in [5.74, 6) is -2.04. The molecule has 0 bridgehead atoms. The second-order valence-electron chi connectivity index (χ2n) is 5.36. The fraction of sp³-hybridized carbons (Fsp3) is 0.125. The van der Waals surface area contributed by atoms with Gasteiger partial charge in [-0.2, -0.15) is 0 Å². The van der Waals surface area contributed by atoms with Crippen molar-refractivity contribution in [2.75, 3.05) is 6.54 Å². The van der Waals surface area contributed by atoms with Gasteiger partial charge in [0.25, 0.3) is 5.91 Å². The number of para-hydroxylation sites is 1. The molecule has 1 aliphatic heterocycles. The van der Waals surface area contributed by atoms with E-state index in [1.54, 1.807) is 16.8 Å². The van der Waals surface area contributed by atoms with Crippen molar-refractivity contribution in [2.24, 2.45) is 5.73 Å². The van der Waals surface area contributed by atoms with E-state index in [0.717, 1.165) is 33.1 Å². The number of hydrogen-bond acceptors (Lipinski definition) is 5. The molecular weight excluding hydrogens is 362 g/mol. The van der Waals surface area contributed by atoms with Crippen LogP contribution in [-0.2, 0) is 20.9 Å².